The Morgan fingerprint density at radius 2 is 1.90 bits per heavy atom. The van der Waals surface area contributed by atoms with Crippen LogP contribution in [0.25, 0.3) is 0 Å². The zero-order valence-electron chi connectivity index (χ0n) is 18.1. The van der Waals surface area contributed by atoms with E-state index >= 15 is 0 Å². The van der Waals surface area contributed by atoms with Gasteiger partial charge < -0.3 is 20.3 Å². The average Bonchev–Trinajstić information content (AvgIpc) is 2.66. The maximum atomic E-state index is 11.9. The van der Waals surface area contributed by atoms with Gasteiger partial charge >= 0.3 is 0 Å². The topological polar surface area (TPSA) is 69.2 Å². The predicted molar refractivity (Wildman–Crippen MR) is 129 cm³/mol. The van der Waals surface area contributed by atoms with Gasteiger partial charge in [0.2, 0.25) is 5.91 Å². The Bertz CT molecular complexity index is 646. The monoisotopic (exact) mass is 517 g/mol. The van der Waals surface area contributed by atoms with E-state index in [4.69, 9.17) is 4.74 Å². The fourth-order valence-corrected chi connectivity index (χ4v) is 3.19. The third-order valence-corrected chi connectivity index (χ3v) is 4.66. The third kappa shape index (κ3) is 9.20. The summed E-state index contributed by atoms with van der Waals surface area (Å²) in [6.07, 6.45) is 0.905. The van der Waals surface area contributed by atoms with E-state index in [9.17, 15) is 4.79 Å². The molecule has 7 nitrogen and oxygen atoms in total. The number of carbonyl (C=O) groups excluding carboxylic acids is 1. The van der Waals surface area contributed by atoms with Crippen LogP contribution in [0.3, 0.4) is 0 Å². The van der Waals surface area contributed by atoms with Gasteiger partial charge in [-0.15, -0.1) is 24.0 Å². The first-order valence-electron chi connectivity index (χ1n) is 10.2. The zero-order chi connectivity index (χ0) is 20.4. The standard InChI is InChI=1S/C21H35N5O2.HI/c1-17(2)24-20(27)16-25-11-13-26(14-12-25)21(22-4)23-10-7-15-28-19-9-6-5-8-18(19)3;/h5-6,8-9,17H,7,10-16H2,1-4H3,(H,22,23)(H,24,27);1H. The Kier molecular flexibility index (Phi) is 12.0. The number of amides is 1. The Hall–Kier alpha value is -1.55. The van der Waals surface area contributed by atoms with Crippen LogP contribution in [0.1, 0.15) is 25.8 Å². The molecule has 164 valence electrons. The van der Waals surface area contributed by atoms with Gasteiger partial charge in [0, 0.05) is 45.8 Å². The summed E-state index contributed by atoms with van der Waals surface area (Å²) in [5.41, 5.74) is 1.16. The van der Waals surface area contributed by atoms with E-state index < -0.39 is 0 Å². The number of hydrogen-bond donors (Lipinski definition) is 2. The zero-order valence-corrected chi connectivity index (χ0v) is 20.4. The lowest BCUT2D eigenvalue weighted by atomic mass is 10.2. The molecular formula is C21H36IN5O2. The van der Waals surface area contributed by atoms with Crippen molar-refractivity contribution in [2.24, 2.45) is 4.99 Å². The SMILES string of the molecule is CN=C(NCCCOc1ccccc1C)N1CCN(CC(=O)NC(C)C)CC1.I. The molecule has 8 heteroatoms. The molecular weight excluding hydrogens is 481 g/mol. The summed E-state index contributed by atoms with van der Waals surface area (Å²) in [4.78, 5) is 20.7. The summed E-state index contributed by atoms with van der Waals surface area (Å²) in [6, 6.07) is 8.26. The van der Waals surface area contributed by atoms with E-state index in [1.807, 2.05) is 39.1 Å². The Morgan fingerprint density at radius 3 is 2.52 bits per heavy atom. The van der Waals surface area contributed by atoms with Crippen LogP contribution in [0.2, 0.25) is 0 Å². The van der Waals surface area contributed by atoms with E-state index in [-0.39, 0.29) is 35.9 Å². The van der Waals surface area contributed by atoms with Gasteiger partial charge in [0.25, 0.3) is 0 Å². The number of guanidine groups is 1. The van der Waals surface area contributed by atoms with E-state index in [0.29, 0.717) is 13.2 Å². The highest BCUT2D eigenvalue weighted by molar-refractivity contribution is 14.0. The number of rotatable bonds is 8. The Labute approximate surface area is 192 Å². The van der Waals surface area contributed by atoms with E-state index in [2.05, 4.69) is 38.4 Å². The predicted octanol–water partition coefficient (Wildman–Crippen LogP) is 2.10. The minimum atomic E-state index is 0. The molecule has 1 aromatic carbocycles. The largest absolute Gasteiger partial charge is 0.493 e. The van der Waals surface area contributed by atoms with Gasteiger partial charge in [0.05, 0.1) is 13.2 Å². The van der Waals surface area contributed by atoms with Gasteiger partial charge in [-0.05, 0) is 38.8 Å². The summed E-state index contributed by atoms with van der Waals surface area (Å²) >= 11 is 0. The van der Waals surface area contributed by atoms with Crippen LogP contribution in [0.5, 0.6) is 5.75 Å². The summed E-state index contributed by atoms with van der Waals surface area (Å²) in [5.74, 6) is 1.96. The number of nitrogens with one attached hydrogen (secondary N) is 2. The number of para-hydroxylation sites is 1. The summed E-state index contributed by atoms with van der Waals surface area (Å²) in [7, 11) is 1.81. The van der Waals surface area contributed by atoms with E-state index in [1.54, 1.807) is 0 Å². The smallest absolute Gasteiger partial charge is 0.234 e. The molecule has 0 aromatic heterocycles. The fourth-order valence-electron chi connectivity index (χ4n) is 3.19. The van der Waals surface area contributed by atoms with Crippen molar-refractivity contribution >= 4 is 35.8 Å². The summed E-state index contributed by atoms with van der Waals surface area (Å²) in [6.45, 7) is 11.4. The lowest BCUT2D eigenvalue weighted by Gasteiger charge is -2.36. The molecule has 1 aliphatic heterocycles. The van der Waals surface area contributed by atoms with Crippen molar-refractivity contribution in [3.8, 4) is 5.75 Å². The average molecular weight is 517 g/mol. The number of aliphatic imine (C=N–C) groups is 1. The molecule has 1 amide bonds. The molecule has 0 aliphatic carbocycles. The van der Waals surface area contributed by atoms with Crippen LogP contribution in [0.15, 0.2) is 29.3 Å². The van der Waals surface area contributed by atoms with Crippen LogP contribution in [0, 0.1) is 6.92 Å². The van der Waals surface area contributed by atoms with Gasteiger partial charge in [0.15, 0.2) is 5.96 Å². The minimum Gasteiger partial charge on any atom is -0.493 e. The number of nitrogens with zero attached hydrogens (tertiary/aromatic N) is 3. The van der Waals surface area contributed by atoms with Gasteiger partial charge in [0.1, 0.15) is 5.75 Å². The van der Waals surface area contributed by atoms with Crippen molar-refractivity contribution in [1.29, 1.82) is 0 Å². The number of benzene rings is 1. The van der Waals surface area contributed by atoms with Crippen molar-refractivity contribution in [2.75, 3.05) is 52.9 Å². The molecule has 0 unspecified atom stereocenters. The maximum Gasteiger partial charge on any atom is 0.234 e. The van der Waals surface area contributed by atoms with Crippen molar-refractivity contribution in [3.63, 3.8) is 0 Å². The molecule has 0 bridgehead atoms. The Morgan fingerprint density at radius 1 is 1.21 bits per heavy atom. The highest BCUT2D eigenvalue weighted by Gasteiger charge is 2.21. The van der Waals surface area contributed by atoms with Crippen LogP contribution >= 0.6 is 24.0 Å². The first-order chi connectivity index (χ1) is 13.5. The molecule has 2 N–H and O–H groups in total. The molecule has 2 rings (SSSR count). The van der Waals surface area contributed by atoms with Gasteiger partial charge in [-0.2, -0.15) is 0 Å². The highest BCUT2D eigenvalue weighted by Crippen LogP contribution is 2.16. The maximum absolute atomic E-state index is 11.9. The molecule has 0 spiro atoms. The van der Waals surface area contributed by atoms with Crippen molar-refractivity contribution in [1.82, 2.24) is 20.4 Å². The fraction of sp³-hybridized carbons (Fsp3) is 0.619. The van der Waals surface area contributed by atoms with Crippen LogP contribution < -0.4 is 15.4 Å². The molecule has 29 heavy (non-hydrogen) atoms. The molecule has 0 atom stereocenters. The third-order valence-electron chi connectivity index (χ3n) is 4.66. The second-order valence-corrected chi connectivity index (χ2v) is 7.43. The van der Waals surface area contributed by atoms with Crippen molar-refractivity contribution in [3.05, 3.63) is 29.8 Å². The molecule has 1 fully saturated rings. The number of carbonyl (C=O) groups is 1. The molecule has 1 aliphatic rings. The minimum absolute atomic E-state index is 0. The number of aryl methyl sites for hydroxylation is 1. The quantitative estimate of drug-likeness (QED) is 0.239. The van der Waals surface area contributed by atoms with E-state index in [0.717, 1.165) is 56.4 Å². The second kappa shape index (κ2) is 13.6. The lowest BCUT2D eigenvalue weighted by Crippen LogP contribution is -2.54. The number of halogens is 1. The molecule has 1 saturated heterocycles. The first-order valence-corrected chi connectivity index (χ1v) is 10.2. The van der Waals surface area contributed by atoms with Crippen LogP contribution in [0.4, 0.5) is 0 Å². The van der Waals surface area contributed by atoms with Crippen molar-refractivity contribution < 1.29 is 9.53 Å². The molecule has 1 aromatic rings. The normalized spacial score (nSPS) is 15.1. The number of ether oxygens (including phenoxy) is 1. The van der Waals surface area contributed by atoms with E-state index in [1.165, 1.54) is 0 Å². The highest BCUT2D eigenvalue weighted by atomic mass is 127. The second-order valence-electron chi connectivity index (χ2n) is 7.43. The van der Waals surface area contributed by atoms with Crippen LogP contribution in [-0.4, -0.2) is 80.6 Å². The molecule has 1 heterocycles. The van der Waals surface area contributed by atoms with Crippen LogP contribution in [-0.2, 0) is 4.79 Å². The van der Waals surface area contributed by atoms with Gasteiger partial charge in [-0.25, -0.2) is 0 Å². The summed E-state index contributed by atoms with van der Waals surface area (Å²) in [5, 5.41) is 6.37. The van der Waals surface area contributed by atoms with Gasteiger partial charge in [-0.1, -0.05) is 18.2 Å². The first kappa shape index (κ1) is 25.5. The van der Waals surface area contributed by atoms with Crippen molar-refractivity contribution in [2.45, 2.75) is 33.2 Å². The molecule has 0 saturated carbocycles. The Balaban J connectivity index is 0.00000420. The molecule has 0 radical (unpaired) electrons. The number of piperazine rings is 1. The lowest BCUT2D eigenvalue weighted by molar-refractivity contribution is -0.123. The van der Waals surface area contributed by atoms with Gasteiger partial charge in [-0.3, -0.25) is 14.7 Å². The summed E-state index contributed by atoms with van der Waals surface area (Å²) < 4.78 is 5.84. The number of hydrogen-bond acceptors (Lipinski definition) is 4.